The molecule has 1 N–H and O–H groups in total. The molecule has 8 nitrogen and oxygen atoms in total. The summed E-state index contributed by atoms with van der Waals surface area (Å²) < 4.78 is 5.68. The van der Waals surface area contributed by atoms with Crippen molar-refractivity contribution in [2.45, 2.75) is 62.8 Å². The van der Waals surface area contributed by atoms with Gasteiger partial charge in [-0.2, -0.15) is 0 Å². The van der Waals surface area contributed by atoms with Gasteiger partial charge in [-0.15, -0.1) is 6.58 Å². The standard InChI is InChI=1S/C20H30N4O4/c1-2-10-28-15-11-16-18(25)23-9-8-22(13-17(23)19(26)24(16)12-15)20(27)21-14-6-4-3-5-7-14/h2,14-17H,1,3-13H2,(H,21,27). The average molecular weight is 390 g/mol. The van der Waals surface area contributed by atoms with Crippen molar-refractivity contribution in [1.82, 2.24) is 20.0 Å². The fraction of sp³-hybridized carbons (Fsp3) is 0.750. The predicted octanol–water partition coefficient (Wildman–Crippen LogP) is 0.727. The topological polar surface area (TPSA) is 82.2 Å². The van der Waals surface area contributed by atoms with Crippen molar-refractivity contribution < 1.29 is 19.1 Å². The average Bonchev–Trinajstić information content (AvgIpc) is 3.15. The third-order valence-corrected chi connectivity index (χ3v) is 6.45. The van der Waals surface area contributed by atoms with Crippen LogP contribution in [-0.2, 0) is 14.3 Å². The van der Waals surface area contributed by atoms with Crippen LogP contribution in [0.5, 0.6) is 0 Å². The maximum Gasteiger partial charge on any atom is 0.317 e. The van der Waals surface area contributed by atoms with Crippen LogP contribution in [0.2, 0.25) is 0 Å². The molecule has 4 rings (SSSR count). The van der Waals surface area contributed by atoms with Gasteiger partial charge in [-0.25, -0.2) is 4.79 Å². The van der Waals surface area contributed by atoms with E-state index in [1.165, 1.54) is 6.42 Å². The molecule has 0 spiro atoms. The molecule has 3 atom stereocenters. The fourth-order valence-corrected chi connectivity index (χ4v) is 4.94. The lowest BCUT2D eigenvalue weighted by molar-refractivity contribution is -0.162. The number of carbonyl (C=O) groups excluding carboxylic acids is 3. The van der Waals surface area contributed by atoms with Crippen LogP contribution in [0.3, 0.4) is 0 Å². The van der Waals surface area contributed by atoms with Gasteiger partial charge < -0.3 is 24.8 Å². The highest BCUT2D eigenvalue weighted by molar-refractivity contribution is 5.98. The Labute approximate surface area is 165 Å². The van der Waals surface area contributed by atoms with Gasteiger partial charge in [0, 0.05) is 32.1 Å². The molecule has 0 radical (unpaired) electrons. The van der Waals surface area contributed by atoms with Crippen molar-refractivity contribution >= 4 is 17.8 Å². The normalized spacial score (nSPS) is 30.9. The molecule has 3 saturated heterocycles. The van der Waals surface area contributed by atoms with E-state index in [0.29, 0.717) is 32.7 Å². The van der Waals surface area contributed by atoms with Gasteiger partial charge in [-0.1, -0.05) is 25.3 Å². The maximum atomic E-state index is 13.1. The Kier molecular flexibility index (Phi) is 5.57. The Bertz CT molecular complexity index is 648. The van der Waals surface area contributed by atoms with E-state index in [1.54, 1.807) is 20.8 Å². The van der Waals surface area contributed by atoms with Crippen LogP contribution in [0.4, 0.5) is 4.79 Å². The number of carbonyl (C=O) groups is 3. The summed E-state index contributed by atoms with van der Waals surface area (Å²) in [5.41, 5.74) is 0. The summed E-state index contributed by atoms with van der Waals surface area (Å²) in [5.74, 6) is -0.0777. The smallest absolute Gasteiger partial charge is 0.317 e. The lowest BCUT2D eigenvalue weighted by Gasteiger charge is -2.47. The van der Waals surface area contributed by atoms with Crippen LogP contribution >= 0.6 is 0 Å². The number of nitrogens with one attached hydrogen (secondary N) is 1. The van der Waals surface area contributed by atoms with Crippen molar-refractivity contribution in [3.8, 4) is 0 Å². The first-order chi connectivity index (χ1) is 13.6. The summed E-state index contributed by atoms with van der Waals surface area (Å²) in [5, 5.41) is 3.12. The SMILES string of the molecule is C=CCOC1CC2C(=O)N3CCN(C(=O)NC4CCCCC4)CC3C(=O)N2C1. The lowest BCUT2D eigenvalue weighted by Crippen LogP contribution is -2.69. The number of hydrogen-bond donors (Lipinski definition) is 1. The molecular formula is C20H30N4O4. The predicted molar refractivity (Wildman–Crippen MR) is 103 cm³/mol. The summed E-state index contributed by atoms with van der Waals surface area (Å²) >= 11 is 0. The molecule has 0 aromatic carbocycles. The van der Waals surface area contributed by atoms with Crippen LogP contribution in [0, 0.1) is 0 Å². The Morgan fingerprint density at radius 1 is 1.07 bits per heavy atom. The molecule has 28 heavy (non-hydrogen) atoms. The third-order valence-electron chi connectivity index (χ3n) is 6.45. The first-order valence-corrected chi connectivity index (χ1v) is 10.5. The van der Waals surface area contributed by atoms with Gasteiger partial charge >= 0.3 is 6.03 Å². The number of fused-ring (bicyclic) bond motifs is 2. The molecular weight excluding hydrogens is 360 g/mol. The minimum atomic E-state index is -0.576. The number of nitrogens with zero attached hydrogens (tertiary/aromatic N) is 3. The molecule has 3 unspecified atom stereocenters. The quantitative estimate of drug-likeness (QED) is 0.718. The fourth-order valence-electron chi connectivity index (χ4n) is 4.94. The number of ether oxygens (including phenoxy) is 1. The lowest BCUT2D eigenvalue weighted by atomic mass is 9.95. The summed E-state index contributed by atoms with van der Waals surface area (Å²) in [4.78, 5) is 43.7. The zero-order valence-electron chi connectivity index (χ0n) is 16.3. The molecule has 1 saturated carbocycles. The number of urea groups is 1. The van der Waals surface area contributed by atoms with E-state index in [-0.39, 0.29) is 36.5 Å². The van der Waals surface area contributed by atoms with E-state index in [0.717, 1.165) is 25.7 Å². The molecule has 0 aromatic heterocycles. The van der Waals surface area contributed by atoms with Crippen molar-refractivity contribution in [2.75, 3.05) is 32.8 Å². The zero-order valence-corrected chi connectivity index (χ0v) is 16.3. The van der Waals surface area contributed by atoms with Crippen molar-refractivity contribution in [3.05, 3.63) is 12.7 Å². The first kappa shape index (κ1) is 19.2. The Balaban J connectivity index is 1.39. The summed E-state index contributed by atoms with van der Waals surface area (Å²) in [6.07, 6.45) is 7.66. The van der Waals surface area contributed by atoms with Crippen molar-refractivity contribution in [2.24, 2.45) is 0 Å². The van der Waals surface area contributed by atoms with Crippen LogP contribution < -0.4 is 5.32 Å². The molecule has 8 heteroatoms. The molecule has 4 fully saturated rings. The summed E-state index contributed by atoms with van der Waals surface area (Å²) in [6.45, 7) is 5.64. The number of piperazine rings is 2. The molecule has 0 aromatic rings. The van der Waals surface area contributed by atoms with Crippen LogP contribution in [-0.4, -0.2) is 89.6 Å². The number of amides is 4. The monoisotopic (exact) mass is 390 g/mol. The van der Waals surface area contributed by atoms with Gasteiger partial charge in [0.2, 0.25) is 11.8 Å². The minimum absolute atomic E-state index is 0.0124. The van der Waals surface area contributed by atoms with E-state index in [4.69, 9.17) is 4.74 Å². The van der Waals surface area contributed by atoms with E-state index >= 15 is 0 Å². The second-order valence-electron chi connectivity index (χ2n) is 8.26. The van der Waals surface area contributed by atoms with Crippen molar-refractivity contribution in [3.63, 3.8) is 0 Å². The molecule has 3 heterocycles. The van der Waals surface area contributed by atoms with E-state index < -0.39 is 12.1 Å². The Morgan fingerprint density at radius 3 is 2.57 bits per heavy atom. The highest BCUT2D eigenvalue weighted by Gasteiger charge is 2.52. The molecule has 0 bridgehead atoms. The van der Waals surface area contributed by atoms with Gasteiger partial charge in [-0.3, -0.25) is 9.59 Å². The third kappa shape index (κ3) is 3.62. The highest BCUT2D eigenvalue weighted by Crippen LogP contribution is 2.30. The second-order valence-corrected chi connectivity index (χ2v) is 8.26. The van der Waals surface area contributed by atoms with Gasteiger partial charge in [0.05, 0.1) is 19.3 Å². The van der Waals surface area contributed by atoms with E-state index in [9.17, 15) is 14.4 Å². The molecule has 1 aliphatic carbocycles. The van der Waals surface area contributed by atoms with Gasteiger partial charge in [0.1, 0.15) is 12.1 Å². The molecule has 3 aliphatic heterocycles. The highest BCUT2D eigenvalue weighted by atomic mass is 16.5. The van der Waals surface area contributed by atoms with Crippen LogP contribution in [0.15, 0.2) is 12.7 Å². The molecule has 4 amide bonds. The zero-order chi connectivity index (χ0) is 19.7. The summed E-state index contributed by atoms with van der Waals surface area (Å²) in [7, 11) is 0. The van der Waals surface area contributed by atoms with Crippen LogP contribution in [0.25, 0.3) is 0 Å². The van der Waals surface area contributed by atoms with Crippen LogP contribution in [0.1, 0.15) is 38.5 Å². The minimum Gasteiger partial charge on any atom is -0.372 e. The first-order valence-electron chi connectivity index (χ1n) is 10.5. The Morgan fingerprint density at radius 2 is 1.82 bits per heavy atom. The van der Waals surface area contributed by atoms with Gasteiger partial charge in [0.25, 0.3) is 0 Å². The molecule has 154 valence electrons. The van der Waals surface area contributed by atoms with Crippen molar-refractivity contribution in [1.29, 1.82) is 0 Å². The van der Waals surface area contributed by atoms with E-state index in [1.807, 2.05) is 0 Å². The second kappa shape index (κ2) is 8.11. The number of rotatable bonds is 4. The number of hydrogen-bond acceptors (Lipinski definition) is 4. The summed E-state index contributed by atoms with van der Waals surface area (Å²) in [6, 6.07) is -0.884. The Hall–Kier alpha value is -2.09. The van der Waals surface area contributed by atoms with Gasteiger partial charge in [0.15, 0.2) is 0 Å². The largest absolute Gasteiger partial charge is 0.372 e. The maximum absolute atomic E-state index is 13.1. The molecule has 4 aliphatic rings. The van der Waals surface area contributed by atoms with E-state index in [2.05, 4.69) is 11.9 Å². The van der Waals surface area contributed by atoms with Gasteiger partial charge in [-0.05, 0) is 12.8 Å².